The van der Waals surface area contributed by atoms with E-state index in [1.807, 2.05) is 20.8 Å². The molecule has 4 nitrogen and oxygen atoms in total. The number of halogens is 2. The molecule has 122 valence electrons. The zero-order valence-corrected chi connectivity index (χ0v) is 14.7. The molecule has 1 aliphatic rings. The van der Waals surface area contributed by atoms with Crippen molar-refractivity contribution < 1.29 is 13.9 Å². The minimum Gasteiger partial charge on any atom is -0.444 e. The van der Waals surface area contributed by atoms with E-state index in [1.165, 1.54) is 6.07 Å². The number of hydrogen-bond acceptors (Lipinski definition) is 3. The molecule has 2 N–H and O–H groups in total. The Morgan fingerprint density at radius 1 is 1.36 bits per heavy atom. The number of piperidine rings is 1. The number of nitrogens with two attached hydrogens (primary N) is 1. The number of likely N-dealkylation sites (tertiary alicyclic amines) is 1. The molecule has 1 amide bonds. The number of carbonyl (C=O) groups excluding carboxylic acids is 1. The van der Waals surface area contributed by atoms with Crippen LogP contribution in [0.2, 0.25) is 0 Å². The molecule has 0 atom stereocenters. The summed E-state index contributed by atoms with van der Waals surface area (Å²) in [5.74, 6) is -0.188. The van der Waals surface area contributed by atoms with Crippen LogP contribution in [-0.2, 0) is 4.74 Å². The smallest absolute Gasteiger partial charge is 0.410 e. The maximum atomic E-state index is 14.1. The van der Waals surface area contributed by atoms with E-state index in [0.717, 1.165) is 0 Å². The number of amides is 1. The molecule has 1 saturated heterocycles. The zero-order chi connectivity index (χ0) is 16.5. The highest BCUT2D eigenvalue weighted by Crippen LogP contribution is 2.34. The third kappa shape index (κ3) is 4.12. The number of nitrogens with zero attached hydrogens (tertiary/aromatic N) is 1. The van der Waals surface area contributed by atoms with Crippen molar-refractivity contribution in [3.05, 3.63) is 28.0 Å². The summed E-state index contributed by atoms with van der Waals surface area (Å²) in [6.45, 7) is 6.68. The van der Waals surface area contributed by atoms with E-state index in [-0.39, 0.29) is 17.8 Å². The fraction of sp³-hybridized carbons (Fsp3) is 0.562. The third-order valence-corrected chi connectivity index (χ3v) is 4.39. The van der Waals surface area contributed by atoms with E-state index in [9.17, 15) is 9.18 Å². The van der Waals surface area contributed by atoms with E-state index in [1.54, 1.807) is 11.0 Å². The number of ether oxygens (including phenoxy) is 1. The number of anilines is 1. The minimum absolute atomic E-state index is 0.0931. The van der Waals surface area contributed by atoms with Crippen LogP contribution in [0.25, 0.3) is 0 Å². The molecule has 0 unspecified atom stereocenters. The van der Waals surface area contributed by atoms with Gasteiger partial charge in [0.15, 0.2) is 0 Å². The van der Waals surface area contributed by atoms with Gasteiger partial charge in [-0.1, -0.05) is 0 Å². The Morgan fingerprint density at radius 3 is 2.50 bits per heavy atom. The first-order valence-corrected chi connectivity index (χ1v) is 8.19. The Hall–Kier alpha value is -1.30. The van der Waals surface area contributed by atoms with Gasteiger partial charge in [-0.2, -0.15) is 0 Å². The number of carbonyl (C=O) groups is 1. The second-order valence-electron chi connectivity index (χ2n) is 6.64. The lowest BCUT2D eigenvalue weighted by Gasteiger charge is -2.33. The van der Waals surface area contributed by atoms with Crippen molar-refractivity contribution in [3.63, 3.8) is 0 Å². The van der Waals surface area contributed by atoms with Crippen LogP contribution in [0.5, 0.6) is 0 Å². The van der Waals surface area contributed by atoms with E-state index in [4.69, 9.17) is 10.5 Å². The van der Waals surface area contributed by atoms with Crippen LogP contribution in [0.3, 0.4) is 0 Å². The summed E-state index contributed by atoms with van der Waals surface area (Å²) in [4.78, 5) is 13.7. The van der Waals surface area contributed by atoms with Gasteiger partial charge in [-0.05, 0) is 73.2 Å². The molecule has 2 rings (SSSR count). The molecule has 0 aromatic heterocycles. The van der Waals surface area contributed by atoms with Crippen LogP contribution < -0.4 is 5.73 Å². The van der Waals surface area contributed by atoms with Gasteiger partial charge in [0.05, 0.1) is 0 Å². The molecule has 1 aromatic rings. The standard InChI is InChI=1S/C16H22BrFN2O2/c1-16(2,3)22-15(21)20-6-4-10(5-7-20)11-8-12(17)14(19)9-13(11)18/h8-10H,4-7,19H2,1-3H3. The quantitative estimate of drug-likeness (QED) is 0.748. The summed E-state index contributed by atoms with van der Waals surface area (Å²) in [6, 6.07) is 3.10. The van der Waals surface area contributed by atoms with E-state index in [0.29, 0.717) is 41.7 Å². The molecule has 0 spiro atoms. The van der Waals surface area contributed by atoms with Crippen LogP contribution in [0.15, 0.2) is 16.6 Å². The summed E-state index contributed by atoms with van der Waals surface area (Å²) < 4.78 is 20.2. The van der Waals surface area contributed by atoms with E-state index < -0.39 is 5.60 Å². The fourth-order valence-electron chi connectivity index (χ4n) is 2.59. The van der Waals surface area contributed by atoms with Crippen molar-refractivity contribution in [2.24, 2.45) is 0 Å². The van der Waals surface area contributed by atoms with Crippen molar-refractivity contribution in [1.82, 2.24) is 4.90 Å². The largest absolute Gasteiger partial charge is 0.444 e. The number of rotatable bonds is 1. The average Bonchev–Trinajstić information content (AvgIpc) is 2.41. The highest BCUT2D eigenvalue weighted by atomic mass is 79.9. The number of nitrogen functional groups attached to an aromatic ring is 1. The van der Waals surface area contributed by atoms with Gasteiger partial charge in [-0.15, -0.1) is 0 Å². The SMILES string of the molecule is CC(C)(C)OC(=O)N1CCC(c2cc(Br)c(N)cc2F)CC1. The van der Waals surface area contributed by atoms with Crippen LogP contribution in [0, 0.1) is 5.82 Å². The summed E-state index contributed by atoms with van der Waals surface area (Å²) in [6.07, 6.45) is 1.13. The molecular formula is C16H22BrFN2O2. The predicted octanol–water partition coefficient (Wildman–Crippen LogP) is 4.28. The van der Waals surface area contributed by atoms with Crippen LogP contribution in [0.4, 0.5) is 14.9 Å². The van der Waals surface area contributed by atoms with Crippen molar-refractivity contribution in [3.8, 4) is 0 Å². The second-order valence-corrected chi connectivity index (χ2v) is 7.49. The topological polar surface area (TPSA) is 55.6 Å². The molecule has 0 saturated carbocycles. The first-order valence-electron chi connectivity index (χ1n) is 7.39. The van der Waals surface area contributed by atoms with E-state index >= 15 is 0 Å². The normalized spacial score (nSPS) is 16.7. The van der Waals surface area contributed by atoms with Crippen molar-refractivity contribution >= 4 is 27.7 Å². The van der Waals surface area contributed by atoms with Gasteiger partial charge in [0.25, 0.3) is 0 Å². The minimum atomic E-state index is -0.498. The van der Waals surface area contributed by atoms with Gasteiger partial charge in [-0.3, -0.25) is 0 Å². The van der Waals surface area contributed by atoms with Gasteiger partial charge in [-0.25, -0.2) is 9.18 Å². The molecule has 1 aromatic carbocycles. The Morgan fingerprint density at radius 2 is 1.95 bits per heavy atom. The summed E-state index contributed by atoms with van der Waals surface area (Å²) in [7, 11) is 0. The number of hydrogen-bond donors (Lipinski definition) is 1. The first kappa shape index (κ1) is 17.1. The lowest BCUT2D eigenvalue weighted by molar-refractivity contribution is 0.0204. The molecular weight excluding hydrogens is 351 g/mol. The Balaban J connectivity index is 2.01. The Labute approximate surface area is 138 Å². The molecule has 1 heterocycles. The molecule has 1 fully saturated rings. The molecule has 22 heavy (non-hydrogen) atoms. The molecule has 0 bridgehead atoms. The zero-order valence-electron chi connectivity index (χ0n) is 13.2. The number of benzene rings is 1. The fourth-order valence-corrected chi connectivity index (χ4v) is 2.95. The van der Waals surface area contributed by atoms with Crippen LogP contribution >= 0.6 is 15.9 Å². The van der Waals surface area contributed by atoms with Gasteiger partial charge in [0, 0.05) is 23.2 Å². The Kier molecular flexibility index (Phi) is 5.00. The third-order valence-electron chi connectivity index (χ3n) is 3.70. The first-order chi connectivity index (χ1) is 10.2. The van der Waals surface area contributed by atoms with Crippen molar-refractivity contribution in [2.75, 3.05) is 18.8 Å². The van der Waals surface area contributed by atoms with E-state index in [2.05, 4.69) is 15.9 Å². The summed E-state index contributed by atoms with van der Waals surface area (Å²) >= 11 is 3.34. The van der Waals surface area contributed by atoms with Crippen molar-refractivity contribution in [2.45, 2.75) is 45.1 Å². The maximum absolute atomic E-state index is 14.1. The predicted molar refractivity (Wildman–Crippen MR) is 88.3 cm³/mol. The highest BCUT2D eigenvalue weighted by molar-refractivity contribution is 9.10. The lowest BCUT2D eigenvalue weighted by Crippen LogP contribution is -2.41. The monoisotopic (exact) mass is 372 g/mol. The highest BCUT2D eigenvalue weighted by Gasteiger charge is 2.28. The molecule has 6 heteroatoms. The van der Waals surface area contributed by atoms with Gasteiger partial charge in [0.1, 0.15) is 11.4 Å². The van der Waals surface area contributed by atoms with Crippen molar-refractivity contribution in [1.29, 1.82) is 0 Å². The lowest BCUT2D eigenvalue weighted by atomic mass is 9.89. The average molecular weight is 373 g/mol. The second kappa shape index (κ2) is 6.44. The Bertz CT molecular complexity index is 564. The van der Waals surface area contributed by atoms with Gasteiger partial charge >= 0.3 is 6.09 Å². The summed E-state index contributed by atoms with van der Waals surface area (Å²) in [5, 5.41) is 0. The van der Waals surface area contributed by atoms with Gasteiger partial charge in [0.2, 0.25) is 0 Å². The molecule has 1 aliphatic heterocycles. The maximum Gasteiger partial charge on any atom is 0.410 e. The van der Waals surface area contributed by atoms with Crippen LogP contribution in [-0.4, -0.2) is 29.7 Å². The van der Waals surface area contributed by atoms with Gasteiger partial charge < -0.3 is 15.4 Å². The van der Waals surface area contributed by atoms with Crippen LogP contribution in [0.1, 0.15) is 45.1 Å². The molecule has 0 radical (unpaired) electrons. The molecule has 0 aliphatic carbocycles. The summed E-state index contributed by atoms with van der Waals surface area (Å²) in [5.41, 5.74) is 6.24.